The molecule has 27 heavy (non-hydrogen) atoms. The van der Waals surface area contributed by atoms with Gasteiger partial charge in [0, 0.05) is 19.5 Å². The molecule has 144 valence electrons. The van der Waals surface area contributed by atoms with Crippen LogP contribution in [-0.4, -0.2) is 35.8 Å². The zero-order valence-corrected chi connectivity index (χ0v) is 16.4. The number of aryl methyl sites for hydroxylation is 1. The van der Waals surface area contributed by atoms with E-state index < -0.39 is 6.04 Å². The lowest BCUT2D eigenvalue weighted by Crippen LogP contribution is -2.49. The van der Waals surface area contributed by atoms with E-state index in [1.165, 1.54) is 5.56 Å². The Balaban J connectivity index is 2.02. The molecule has 0 unspecified atom stereocenters. The van der Waals surface area contributed by atoms with Gasteiger partial charge in [0.1, 0.15) is 6.04 Å². The smallest absolute Gasteiger partial charge is 0.242 e. The van der Waals surface area contributed by atoms with Crippen molar-refractivity contribution in [2.45, 2.75) is 45.6 Å². The number of hydrogen-bond acceptors (Lipinski definition) is 2. The Morgan fingerprint density at radius 2 is 1.48 bits per heavy atom. The molecule has 0 bridgehead atoms. The van der Waals surface area contributed by atoms with Crippen LogP contribution in [-0.2, 0) is 22.4 Å². The van der Waals surface area contributed by atoms with E-state index in [4.69, 9.17) is 0 Å². The van der Waals surface area contributed by atoms with Crippen LogP contribution in [0.3, 0.4) is 0 Å². The Kier molecular flexibility index (Phi) is 8.56. The summed E-state index contributed by atoms with van der Waals surface area (Å²) < 4.78 is 0. The monoisotopic (exact) mass is 366 g/mol. The summed E-state index contributed by atoms with van der Waals surface area (Å²) >= 11 is 0. The molecule has 0 saturated heterocycles. The van der Waals surface area contributed by atoms with Crippen LogP contribution in [0, 0.1) is 0 Å². The van der Waals surface area contributed by atoms with Crippen molar-refractivity contribution in [3.8, 4) is 0 Å². The molecule has 2 amide bonds. The number of amides is 2. The molecule has 2 aromatic rings. The van der Waals surface area contributed by atoms with Crippen molar-refractivity contribution in [2.75, 3.05) is 13.1 Å². The largest absolute Gasteiger partial charge is 0.354 e. The Morgan fingerprint density at radius 1 is 0.926 bits per heavy atom. The highest BCUT2D eigenvalue weighted by molar-refractivity contribution is 5.87. The number of rotatable bonds is 10. The maximum atomic E-state index is 12.9. The fraction of sp³-hybridized carbons (Fsp3) is 0.391. The molecule has 1 atom stereocenters. The zero-order chi connectivity index (χ0) is 19.5. The van der Waals surface area contributed by atoms with Gasteiger partial charge in [-0.05, 0) is 37.3 Å². The highest BCUT2D eigenvalue weighted by Crippen LogP contribution is 2.10. The number of benzene rings is 2. The van der Waals surface area contributed by atoms with Gasteiger partial charge in [0.05, 0.1) is 0 Å². The molecule has 4 nitrogen and oxygen atoms in total. The minimum Gasteiger partial charge on any atom is -0.354 e. The molecule has 0 radical (unpaired) electrons. The summed E-state index contributed by atoms with van der Waals surface area (Å²) in [5.41, 5.74) is 2.30. The molecule has 2 aromatic carbocycles. The van der Waals surface area contributed by atoms with Crippen LogP contribution in [0.4, 0.5) is 0 Å². The van der Waals surface area contributed by atoms with E-state index in [9.17, 15) is 9.59 Å². The second-order valence-corrected chi connectivity index (χ2v) is 6.78. The van der Waals surface area contributed by atoms with E-state index in [0.29, 0.717) is 25.9 Å². The van der Waals surface area contributed by atoms with Gasteiger partial charge in [0.15, 0.2) is 0 Å². The predicted octanol–water partition coefficient (Wildman–Crippen LogP) is 3.61. The van der Waals surface area contributed by atoms with Crippen LogP contribution >= 0.6 is 0 Å². The SMILES string of the molecule is CCCNC(=O)[C@@H](C)N(CCc1ccccc1)C(=O)CCc1ccccc1. The molecule has 0 fully saturated rings. The first-order chi connectivity index (χ1) is 13.1. The van der Waals surface area contributed by atoms with Crippen LogP contribution in [0.25, 0.3) is 0 Å². The Morgan fingerprint density at radius 3 is 2.04 bits per heavy atom. The van der Waals surface area contributed by atoms with Crippen molar-refractivity contribution in [1.82, 2.24) is 10.2 Å². The minimum atomic E-state index is -0.469. The molecule has 0 saturated carbocycles. The highest BCUT2D eigenvalue weighted by atomic mass is 16.2. The lowest BCUT2D eigenvalue weighted by molar-refractivity contribution is -0.139. The molecular weight excluding hydrogens is 336 g/mol. The quantitative estimate of drug-likeness (QED) is 0.698. The first-order valence-corrected chi connectivity index (χ1v) is 9.76. The maximum absolute atomic E-state index is 12.9. The number of hydrogen-bond donors (Lipinski definition) is 1. The van der Waals surface area contributed by atoms with Gasteiger partial charge < -0.3 is 10.2 Å². The summed E-state index contributed by atoms with van der Waals surface area (Å²) in [7, 11) is 0. The summed E-state index contributed by atoms with van der Waals surface area (Å²) in [6, 6.07) is 19.6. The molecule has 0 aliphatic rings. The summed E-state index contributed by atoms with van der Waals surface area (Å²) in [4.78, 5) is 27.1. The minimum absolute atomic E-state index is 0.0222. The first-order valence-electron chi connectivity index (χ1n) is 9.76. The third-order valence-corrected chi connectivity index (χ3v) is 4.67. The van der Waals surface area contributed by atoms with Crippen molar-refractivity contribution in [3.63, 3.8) is 0 Å². The molecule has 0 spiro atoms. The van der Waals surface area contributed by atoms with Gasteiger partial charge in [0.2, 0.25) is 11.8 Å². The van der Waals surface area contributed by atoms with E-state index in [1.54, 1.807) is 4.90 Å². The van der Waals surface area contributed by atoms with Gasteiger partial charge in [-0.15, -0.1) is 0 Å². The molecule has 0 aliphatic carbocycles. The second kappa shape index (κ2) is 11.2. The molecule has 1 N–H and O–H groups in total. The molecule has 4 heteroatoms. The summed E-state index contributed by atoms with van der Waals surface area (Å²) in [5.74, 6) is -0.0631. The zero-order valence-electron chi connectivity index (χ0n) is 16.4. The van der Waals surface area contributed by atoms with Crippen LogP contribution in [0.5, 0.6) is 0 Å². The molecule has 0 aromatic heterocycles. The van der Waals surface area contributed by atoms with Crippen molar-refractivity contribution in [3.05, 3.63) is 71.8 Å². The lowest BCUT2D eigenvalue weighted by Gasteiger charge is -2.29. The summed E-state index contributed by atoms with van der Waals surface area (Å²) in [6.45, 7) is 5.01. The van der Waals surface area contributed by atoms with Gasteiger partial charge in [-0.2, -0.15) is 0 Å². The number of carbonyl (C=O) groups excluding carboxylic acids is 2. The van der Waals surface area contributed by atoms with Crippen molar-refractivity contribution in [1.29, 1.82) is 0 Å². The summed E-state index contributed by atoms with van der Waals surface area (Å²) in [5, 5.41) is 2.91. The number of nitrogens with one attached hydrogen (secondary N) is 1. The summed E-state index contributed by atoms with van der Waals surface area (Å²) in [6.07, 6.45) is 2.71. The van der Waals surface area contributed by atoms with Gasteiger partial charge in [0.25, 0.3) is 0 Å². The number of carbonyl (C=O) groups is 2. The fourth-order valence-corrected chi connectivity index (χ4v) is 3.01. The van der Waals surface area contributed by atoms with Crippen molar-refractivity contribution in [2.24, 2.45) is 0 Å². The maximum Gasteiger partial charge on any atom is 0.242 e. The Bertz CT molecular complexity index is 701. The van der Waals surface area contributed by atoms with Gasteiger partial charge in [-0.1, -0.05) is 67.6 Å². The predicted molar refractivity (Wildman–Crippen MR) is 109 cm³/mol. The van der Waals surface area contributed by atoms with Gasteiger partial charge in [-0.25, -0.2) is 0 Å². The highest BCUT2D eigenvalue weighted by Gasteiger charge is 2.25. The van der Waals surface area contributed by atoms with Crippen molar-refractivity contribution >= 4 is 11.8 Å². The van der Waals surface area contributed by atoms with Gasteiger partial charge >= 0.3 is 0 Å². The van der Waals surface area contributed by atoms with Crippen molar-refractivity contribution < 1.29 is 9.59 Å². The molecular formula is C23H30N2O2. The first kappa shape index (κ1) is 20.7. The topological polar surface area (TPSA) is 49.4 Å². The Hall–Kier alpha value is -2.62. The average Bonchev–Trinajstić information content (AvgIpc) is 2.72. The third-order valence-electron chi connectivity index (χ3n) is 4.67. The molecule has 2 rings (SSSR count). The molecule has 0 aliphatic heterocycles. The fourth-order valence-electron chi connectivity index (χ4n) is 3.01. The van der Waals surface area contributed by atoms with Crippen LogP contribution in [0.1, 0.15) is 37.8 Å². The van der Waals surface area contributed by atoms with Crippen LogP contribution < -0.4 is 5.32 Å². The normalized spacial score (nSPS) is 11.6. The van der Waals surface area contributed by atoms with E-state index in [0.717, 1.165) is 18.4 Å². The van der Waals surface area contributed by atoms with E-state index in [1.807, 2.05) is 62.4 Å². The second-order valence-electron chi connectivity index (χ2n) is 6.78. The average molecular weight is 367 g/mol. The standard InChI is InChI=1S/C23H30N2O2/c1-3-17-24-23(27)19(2)25(18-16-21-12-8-5-9-13-21)22(26)15-14-20-10-6-4-7-11-20/h4-13,19H,3,14-18H2,1-2H3,(H,24,27)/t19-/m1/s1. The van der Waals surface area contributed by atoms with Gasteiger partial charge in [-0.3, -0.25) is 9.59 Å². The van der Waals surface area contributed by atoms with E-state index in [2.05, 4.69) is 17.4 Å². The Labute approximate surface area is 162 Å². The lowest BCUT2D eigenvalue weighted by atomic mass is 10.1. The van der Waals surface area contributed by atoms with Crippen LogP contribution in [0.15, 0.2) is 60.7 Å². The number of nitrogens with zero attached hydrogens (tertiary/aromatic N) is 1. The van der Waals surface area contributed by atoms with E-state index in [-0.39, 0.29) is 11.8 Å². The van der Waals surface area contributed by atoms with E-state index >= 15 is 0 Å². The third kappa shape index (κ3) is 6.89. The molecule has 0 heterocycles. The van der Waals surface area contributed by atoms with Crippen LogP contribution in [0.2, 0.25) is 0 Å².